The van der Waals surface area contributed by atoms with E-state index < -0.39 is 14.6 Å². The molecule has 0 spiro atoms. The van der Waals surface area contributed by atoms with Crippen LogP contribution in [0.4, 0.5) is 0 Å². The molecular formula is C7H19N2O2Si. The summed E-state index contributed by atoms with van der Waals surface area (Å²) in [6, 6.07) is 0. The summed E-state index contributed by atoms with van der Waals surface area (Å²) in [5.74, 6) is 0. The first-order valence-corrected chi connectivity index (χ1v) is 5.60. The molecule has 0 aliphatic heterocycles. The molecule has 4 N–H and O–H groups in total. The van der Waals surface area contributed by atoms with Crippen LogP contribution < -0.4 is 11.5 Å². The van der Waals surface area contributed by atoms with E-state index >= 15 is 0 Å². The lowest BCUT2D eigenvalue weighted by atomic mass is 10.4. The van der Waals surface area contributed by atoms with Gasteiger partial charge in [-0.1, -0.05) is 6.92 Å². The molecule has 1 radical (unpaired) electrons. The van der Waals surface area contributed by atoms with Crippen LogP contribution in [-0.4, -0.2) is 27.8 Å². The van der Waals surface area contributed by atoms with E-state index in [1.165, 1.54) is 0 Å². The van der Waals surface area contributed by atoms with Crippen molar-refractivity contribution in [1.82, 2.24) is 0 Å². The van der Waals surface area contributed by atoms with E-state index in [-0.39, 0.29) is 0 Å². The van der Waals surface area contributed by atoms with Crippen LogP contribution in [-0.2, 0) is 8.85 Å². The van der Waals surface area contributed by atoms with Gasteiger partial charge >= 0.3 is 9.28 Å². The normalized spacial score (nSPS) is 12.5. The minimum absolute atomic E-state index is 0.602. The van der Waals surface area contributed by atoms with E-state index in [0.29, 0.717) is 19.6 Å². The average Bonchev–Trinajstić information content (AvgIpc) is 2.04. The molecule has 0 rings (SSSR count). The van der Waals surface area contributed by atoms with Crippen molar-refractivity contribution >= 4 is 9.28 Å². The van der Waals surface area contributed by atoms with Crippen LogP contribution in [0.15, 0.2) is 0 Å². The van der Waals surface area contributed by atoms with Crippen LogP contribution in [0.3, 0.4) is 0 Å². The summed E-state index contributed by atoms with van der Waals surface area (Å²) >= 11 is 0. The van der Waals surface area contributed by atoms with Crippen molar-refractivity contribution in [2.24, 2.45) is 11.5 Å². The zero-order valence-electron chi connectivity index (χ0n) is 8.09. The fourth-order valence-electron chi connectivity index (χ4n) is 0.717. The summed E-state index contributed by atoms with van der Waals surface area (Å²) in [6.07, 6.45) is 0.668. The van der Waals surface area contributed by atoms with Gasteiger partial charge in [0.25, 0.3) is 0 Å². The van der Waals surface area contributed by atoms with Gasteiger partial charge in [0.1, 0.15) is 5.29 Å². The fraction of sp³-hybridized carbons (Fsp3) is 1.00. The van der Waals surface area contributed by atoms with E-state index in [1.807, 2.05) is 20.8 Å². The van der Waals surface area contributed by atoms with Gasteiger partial charge in [0, 0.05) is 13.2 Å². The van der Waals surface area contributed by atoms with Crippen LogP contribution in [0, 0.1) is 0 Å². The Morgan fingerprint density at radius 2 is 1.50 bits per heavy atom. The minimum Gasteiger partial charge on any atom is -0.392 e. The Balaban J connectivity index is 4.07. The van der Waals surface area contributed by atoms with Crippen molar-refractivity contribution in [1.29, 1.82) is 0 Å². The molecule has 0 heterocycles. The quantitative estimate of drug-likeness (QED) is 0.462. The SMILES string of the molecule is CCO[Si](OCC)C(N)(N)CC. The zero-order valence-corrected chi connectivity index (χ0v) is 9.09. The molecule has 0 unspecified atom stereocenters. The second kappa shape index (κ2) is 5.66. The van der Waals surface area contributed by atoms with Crippen molar-refractivity contribution < 1.29 is 8.85 Å². The molecule has 0 aromatic heterocycles. The van der Waals surface area contributed by atoms with Crippen molar-refractivity contribution in [2.75, 3.05) is 13.2 Å². The first kappa shape index (κ1) is 12.1. The highest BCUT2D eigenvalue weighted by atomic mass is 28.3. The molecule has 0 atom stereocenters. The molecule has 0 saturated heterocycles. The van der Waals surface area contributed by atoms with Crippen molar-refractivity contribution in [2.45, 2.75) is 32.5 Å². The molecule has 5 heteroatoms. The van der Waals surface area contributed by atoms with Crippen LogP contribution >= 0.6 is 0 Å². The smallest absolute Gasteiger partial charge is 0.392 e. The van der Waals surface area contributed by atoms with Gasteiger partial charge in [0.15, 0.2) is 0 Å². The fourth-order valence-corrected chi connectivity index (χ4v) is 2.15. The second-order valence-electron chi connectivity index (χ2n) is 2.55. The Morgan fingerprint density at radius 3 is 1.75 bits per heavy atom. The summed E-state index contributed by atoms with van der Waals surface area (Å²) in [6.45, 7) is 6.96. The van der Waals surface area contributed by atoms with Gasteiger partial charge in [0.05, 0.1) is 0 Å². The predicted octanol–water partition coefficient (Wildman–Crippen LogP) is 0.111. The van der Waals surface area contributed by atoms with E-state index in [0.717, 1.165) is 0 Å². The summed E-state index contributed by atoms with van der Waals surface area (Å²) in [7, 11) is -1.52. The minimum atomic E-state index is -1.52. The highest BCUT2D eigenvalue weighted by Crippen LogP contribution is 2.06. The molecule has 0 aliphatic carbocycles. The van der Waals surface area contributed by atoms with Crippen molar-refractivity contribution in [3.05, 3.63) is 0 Å². The van der Waals surface area contributed by atoms with E-state index in [1.54, 1.807) is 0 Å². The first-order chi connectivity index (χ1) is 5.58. The second-order valence-corrected chi connectivity index (χ2v) is 4.63. The first-order valence-electron chi connectivity index (χ1n) is 4.29. The lowest BCUT2D eigenvalue weighted by Crippen LogP contribution is -2.63. The molecule has 0 saturated carbocycles. The molecule has 0 fully saturated rings. The topological polar surface area (TPSA) is 70.5 Å². The van der Waals surface area contributed by atoms with Gasteiger partial charge in [-0.2, -0.15) is 0 Å². The maximum atomic E-state index is 5.81. The largest absolute Gasteiger partial charge is 0.422 e. The molecule has 0 bridgehead atoms. The number of nitrogens with two attached hydrogens (primary N) is 2. The molecule has 0 aromatic carbocycles. The number of hydrogen-bond donors (Lipinski definition) is 2. The summed E-state index contributed by atoms with van der Waals surface area (Å²) in [4.78, 5) is 0. The van der Waals surface area contributed by atoms with Gasteiger partial charge < -0.3 is 20.3 Å². The van der Waals surface area contributed by atoms with Crippen molar-refractivity contribution in [3.63, 3.8) is 0 Å². The van der Waals surface area contributed by atoms with Gasteiger partial charge in [-0.05, 0) is 20.3 Å². The van der Waals surface area contributed by atoms with Crippen molar-refractivity contribution in [3.8, 4) is 0 Å². The van der Waals surface area contributed by atoms with Gasteiger partial charge in [0.2, 0.25) is 0 Å². The summed E-state index contributed by atoms with van der Waals surface area (Å²) in [5.41, 5.74) is 11.6. The molecule has 4 nitrogen and oxygen atoms in total. The van der Waals surface area contributed by atoms with E-state index in [9.17, 15) is 0 Å². The van der Waals surface area contributed by atoms with E-state index in [4.69, 9.17) is 20.3 Å². The third-order valence-electron chi connectivity index (χ3n) is 1.52. The molecule has 12 heavy (non-hydrogen) atoms. The maximum Gasteiger partial charge on any atom is 0.422 e. The predicted molar refractivity (Wildman–Crippen MR) is 50.4 cm³/mol. The number of rotatable bonds is 6. The average molecular weight is 191 g/mol. The van der Waals surface area contributed by atoms with Crippen LogP contribution in [0.1, 0.15) is 27.2 Å². The molecule has 0 aromatic rings. The Morgan fingerprint density at radius 1 is 1.08 bits per heavy atom. The van der Waals surface area contributed by atoms with Gasteiger partial charge in [-0.25, -0.2) is 0 Å². The highest BCUT2D eigenvalue weighted by Gasteiger charge is 2.35. The standard InChI is InChI=1S/C7H19N2O2Si/c1-4-7(8,9)12(10-5-2)11-6-3/h4-6,8-9H2,1-3H3. The maximum absolute atomic E-state index is 5.81. The summed E-state index contributed by atoms with van der Waals surface area (Å²) < 4.78 is 10.7. The zero-order chi connectivity index (χ0) is 9.61. The Bertz CT molecular complexity index is 116. The van der Waals surface area contributed by atoms with Crippen LogP contribution in [0.25, 0.3) is 0 Å². The van der Waals surface area contributed by atoms with Gasteiger partial charge in [-0.15, -0.1) is 0 Å². The highest BCUT2D eigenvalue weighted by molar-refractivity contribution is 6.48. The Labute approximate surface area is 76.1 Å². The van der Waals surface area contributed by atoms with Gasteiger partial charge in [-0.3, -0.25) is 0 Å². The Hall–Kier alpha value is 0.0569. The lowest BCUT2D eigenvalue weighted by Gasteiger charge is -2.28. The molecule has 73 valence electrons. The molecular weight excluding hydrogens is 172 g/mol. The molecule has 0 aliphatic rings. The van der Waals surface area contributed by atoms with Crippen LogP contribution in [0.2, 0.25) is 0 Å². The monoisotopic (exact) mass is 191 g/mol. The summed E-state index contributed by atoms with van der Waals surface area (Å²) in [5, 5.41) is -0.781. The van der Waals surface area contributed by atoms with E-state index in [2.05, 4.69) is 0 Å². The number of hydrogen-bond acceptors (Lipinski definition) is 4. The molecule has 0 amide bonds. The van der Waals surface area contributed by atoms with Crippen LogP contribution in [0.5, 0.6) is 0 Å². The Kier molecular flexibility index (Phi) is 5.69. The third kappa shape index (κ3) is 3.64. The third-order valence-corrected chi connectivity index (χ3v) is 3.73. The lowest BCUT2D eigenvalue weighted by molar-refractivity contribution is 0.185.